The van der Waals surface area contributed by atoms with Crippen molar-refractivity contribution < 1.29 is 9.18 Å². The second-order valence-corrected chi connectivity index (χ2v) is 6.25. The Morgan fingerprint density at radius 3 is 2.67 bits per heavy atom. The Balaban J connectivity index is 1.90. The Morgan fingerprint density at radius 2 is 2.00 bits per heavy atom. The third-order valence-electron chi connectivity index (χ3n) is 4.33. The first-order chi connectivity index (χ1) is 13.0. The van der Waals surface area contributed by atoms with Crippen LogP contribution >= 0.6 is 0 Å². The van der Waals surface area contributed by atoms with E-state index in [-0.39, 0.29) is 11.7 Å². The van der Waals surface area contributed by atoms with E-state index in [9.17, 15) is 9.18 Å². The van der Waals surface area contributed by atoms with Gasteiger partial charge in [-0.3, -0.25) is 9.48 Å². The average Bonchev–Trinajstić information content (AvgIpc) is 3.27. The second-order valence-electron chi connectivity index (χ2n) is 6.25. The number of rotatable bonds is 4. The van der Waals surface area contributed by atoms with E-state index < -0.39 is 0 Å². The number of halogens is 1. The Kier molecular flexibility index (Phi) is 4.08. The number of aromatic amines is 1. The molecule has 1 amide bonds. The van der Waals surface area contributed by atoms with Crippen LogP contribution in [0.15, 0.2) is 67.4 Å². The molecule has 5 nitrogen and oxygen atoms in total. The van der Waals surface area contributed by atoms with Crippen LogP contribution in [0.2, 0.25) is 0 Å². The molecule has 4 rings (SSSR count). The molecule has 0 unspecified atom stereocenters. The number of aryl methyl sites for hydroxylation is 1. The predicted octanol–water partition coefficient (Wildman–Crippen LogP) is 4.50. The fraction of sp³-hybridized carbons (Fsp3) is 0.0476. The first-order valence-corrected chi connectivity index (χ1v) is 8.39. The molecule has 4 aromatic rings. The lowest BCUT2D eigenvalue weighted by molar-refractivity contribution is -0.111. The number of benzene rings is 2. The molecule has 6 heteroatoms. The average molecular weight is 360 g/mol. The van der Waals surface area contributed by atoms with Crippen molar-refractivity contribution in [2.75, 3.05) is 5.32 Å². The fourth-order valence-corrected chi connectivity index (χ4v) is 3.06. The highest BCUT2D eigenvalue weighted by molar-refractivity contribution is 6.04. The van der Waals surface area contributed by atoms with Crippen molar-refractivity contribution in [1.82, 2.24) is 14.8 Å². The summed E-state index contributed by atoms with van der Waals surface area (Å²) in [6, 6.07) is 13.9. The van der Waals surface area contributed by atoms with Gasteiger partial charge in [-0.25, -0.2) is 4.39 Å². The molecular weight excluding hydrogens is 343 g/mol. The van der Waals surface area contributed by atoms with E-state index in [1.54, 1.807) is 16.8 Å². The number of carbonyl (C=O) groups excluding carboxylic acids is 1. The summed E-state index contributed by atoms with van der Waals surface area (Å²) in [5.41, 5.74) is 4.92. The van der Waals surface area contributed by atoms with Gasteiger partial charge in [-0.1, -0.05) is 6.58 Å². The number of hydrogen-bond donors (Lipinski definition) is 2. The number of H-pyrrole nitrogens is 1. The van der Waals surface area contributed by atoms with Crippen LogP contribution < -0.4 is 5.32 Å². The van der Waals surface area contributed by atoms with Gasteiger partial charge in [-0.2, -0.15) is 5.10 Å². The van der Waals surface area contributed by atoms with Crippen LogP contribution in [0.3, 0.4) is 0 Å². The van der Waals surface area contributed by atoms with Gasteiger partial charge in [0.2, 0.25) is 5.91 Å². The Labute approximate surface area is 155 Å². The molecule has 2 aromatic heterocycles. The summed E-state index contributed by atoms with van der Waals surface area (Å²) in [6.45, 7) is 3.49. The lowest BCUT2D eigenvalue weighted by Crippen LogP contribution is -2.07. The third-order valence-corrected chi connectivity index (χ3v) is 4.33. The highest BCUT2D eigenvalue weighted by Gasteiger charge is 2.13. The van der Waals surface area contributed by atoms with Gasteiger partial charge in [-0.05, 0) is 60.2 Å². The molecule has 0 fully saturated rings. The number of nitrogens with zero attached hydrogens (tertiary/aromatic N) is 2. The number of carbonyl (C=O) groups is 1. The second kappa shape index (κ2) is 6.57. The molecule has 2 aromatic carbocycles. The number of anilines is 1. The van der Waals surface area contributed by atoms with Crippen molar-refractivity contribution in [3.63, 3.8) is 0 Å². The maximum absolute atomic E-state index is 13.2. The molecule has 0 spiro atoms. The lowest BCUT2D eigenvalue weighted by atomic mass is 10.1. The summed E-state index contributed by atoms with van der Waals surface area (Å²) in [6.07, 6.45) is 3.09. The number of hydrogen-bond acceptors (Lipinski definition) is 2. The third kappa shape index (κ3) is 3.25. The zero-order valence-electron chi connectivity index (χ0n) is 14.7. The van der Waals surface area contributed by atoms with Crippen LogP contribution in [0.5, 0.6) is 0 Å². The molecule has 2 heterocycles. The SMILES string of the molecule is C=CC(=O)Nc1cc(-c2ccn(C)n2)c2[nH]c(-c3ccc(F)cc3)cc2c1. The first-order valence-electron chi connectivity index (χ1n) is 8.39. The normalized spacial score (nSPS) is 10.9. The van der Waals surface area contributed by atoms with Crippen molar-refractivity contribution in [2.45, 2.75) is 0 Å². The van der Waals surface area contributed by atoms with Gasteiger partial charge in [0.15, 0.2) is 0 Å². The zero-order valence-corrected chi connectivity index (χ0v) is 14.7. The van der Waals surface area contributed by atoms with Gasteiger partial charge >= 0.3 is 0 Å². The summed E-state index contributed by atoms with van der Waals surface area (Å²) in [4.78, 5) is 15.1. The van der Waals surface area contributed by atoms with E-state index in [1.165, 1.54) is 18.2 Å². The van der Waals surface area contributed by atoms with Crippen molar-refractivity contribution in [3.05, 3.63) is 73.2 Å². The smallest absolute Gasteiger partial charge is 0.247 e. The molecule has 134 valence electrons. The maximum Gasteiger partial charge on any atom is 0.247 e. The number of aromatic nitrogens is 3. The minimum Gasteiger partial charge on any atom is -0.354 e. The Bertz CT molecular complexity index is 1150. The van der Waals surface area contributed by atoms with Crippen LogP contribution in [0.25, 0.3) is 33.4 Å². The van der Waals surface area contributed by atoms with Crippen molar-refractivity contribution in [3.8, 4) is 22.5 Å². The molecule has 0 saturated carbocycles. The van der Waals surface area contributed by atoms with E-state index in [2.05, 4.69) is 22.0 Å². The van der Waals surface area contributed by atoms with Crippen molar-refractivity contribution in [1.29, 1.82) is 0 Å². The van der Waals surface area contributed by atoms with Gasteiger partial charge in [0.05, 0.1) is 11.2 Å². The van der Waals surface area contributed by atoms with E-state index in [0.29, 0.717) is 5.69 Å². The van der Waals surface area contributed by atoms with Crippen LogP contribution in [0.4, 0.5) is 10.1 Å². The van der Waals surface area contributed by atoms with Gasteiger partial charge < -0.3 is 10.3 Å². The summed E-state index contributed by atoms with van der Waals surface area (Å²) >= 11 is 0. The number of nitrogens with one attached hydrogen (secondary N) is 2. The van der Waals surface area contributed by atoms with E-state index in [1.807, 2.05) is 37.5 Å². The summed E-state index contributed by atoms with van der Waals surface area (Å²) in [5.74, 6) is -0.561. The number of amides is 1. The van der Waals surface area contributed by atoms with Crippen LogP contribution in [-0.4, -0.2) is 20.7 Å². The van der Waals surface area contributed by atoms with Gasteiger partial charge in [0, 0.05) is 35.6 Å². The van der Waals surface area contributed by atoms with Gasteiger partial charge in [0.25, 0.3) is 0 Å². The van der Waals surface area contributed by atoms with Gasteiger partial charge in [-0.15, -0.1) is 0 Å². The summed E-state index contributed by atoms with van der Waals surface area (Å²) in [7, 11) is 1.85. The molecule has 0 aliphatic heterocycles. The zero-order chi connectivity index (χ0) is 19.0. The number of fused-ring (bicyclic) bond motifs is 1. The standard InChI is InChI=1S/C21H17FN4O/c1-3-20(27)23-16-10-14-11-19(13-4-6-15(22)7-5-13)24-21(14)17(12-16)18-8-9-26(2)25-18/h3-12,24H,1H2,2H3,(H,23,27). The minimum absolute atomic E-state index is 0.279. The highest BCUT2D eigenvalue weighted by atomic mass is 19.1. The molecular formula is C21H17FN4O. The Hall–Kier alpha value is -3.67. The molecule has 27 heavy (non-hydrogen) atoms. The summed E-state index contributed by atoms with van der Waals surface area (Å²) < 4.78 is 15.0. The maximum atomic E-state index is 13.2. The van der Waals surface area contributed by atoms with E-state index in [0.717, 1.165) is 33.4 Å². The van der Waals surface area contributed by atoms with E-state index in [4.69, 9.17) is 0 Å². The van der Waals surface area contributed by atoms with Crippen LogP contribution in [-0.2, 0) is 11.8 Å². The summed E-state index contributed by atoms with van der Waals surface area (Å²) in [5, 5.41) is 8.20. The Morgan fingerprint density at radius 1 is 1.22 bits per heavy atom. The van der Waals surface area contributed by atoms with Crippen LogP contribution in [0.1, 0.15) is 0 Å². The predicted molar refractivity (Wildman–Crippen MR) is 105 cm³/mol. The monoisotopic (exact) mass is 360 g/mol. The molecule has 0 radical (unpaired) electrons. The molecule has 0 aliphatic rings. The lowest BCUT2D eigenvalue weighted by Gasteiger charge is -2.07. The van der Waals surface area contributed by atoms with E-state index >= 15 is 0 Å². The van der Waals surface area contributed by atoms with Gasteiger partial charge in [0.1, 0.15) is 5.82 Å². The first kappa shape index (κ1) is 16.8. The quantitative estimate of drug-likeness (QED) is 0.527. The minimum atomic E-state index is -0.282. The van der Waals surface area contributed by atoms with Crippen molar-refractivity contribution >= 4 is 22.5 Å². The fourth-order valence-electron chi connectivity index (χ4n) is 3.06. The molecule has 0 saturated heterocycles. The molecule has 0 bridgehead atoms. The molecule has 2 N–H and O–H groups in total. The topological polar surface area (TPSA) is 62.7 Å². The van der Waals surface area contributed by atoms with Crippen molar-refractivity contribution in [2.24, 2.45) is 7.05 Å². The largest absolute Gasteiger partial charge is 0.354 e. The highest BCUT2D eigenvalue weighted by Crippen LogP contribution is 2.34. The molecule has 0 aliphatic carbocycles. The molecule has 0 atom stereocenters. The van der Waals surface area contributed by atoms with Crippen LogP contribution in [0, 0.1) is 5.82 Å².